The molecule has 198 valence electrons. The lowest BCUT2D eigenvalue weighted by atomic mass is 9.87. The van der Waals surface area contributed by atoms with Crippen LogP contribution in [0.1, 0.15) is 44.1 Å². The number of hydrogen-bond donors (Lipinski definition) is 2. The minimum Gasteiger partial charge on any atom is -0.497 e. The lowest BCUT2D eigenvalue weighted by Crippen LogP contribution is -2.24. The van der Waals surface area contributed by atoms with Crippen molar-refractivity contribution in [3.8, 4) is 22.6 Å². The van der Waals surface area contributed by atoms with E-state index >= 15 is 0 Å². The third kappa shape index (κ3) is 6.90. The smallest absolute Gasteiger partial charge is 0.240 e. The van der Waals surface area contributed by atoms with E-state index in [2.05, 4.69) is 15.1 Å². The number of aryl methyl sites for hydroxylation is 1. The number of amides is 1. The van der Waals surface area contributed by atoms with Gasteiger partial charge in [-0.05, 0) is 48.6 Å². The number of aromatic nitrogens is 2. The summed E-state index contributed by atoms with van der Waals surface area (Å²) in [5.41, 5.74) is 2.49. The molecular formula is C27H34N4O5S. The number of nitrogens with one attached hydrogen (secondary N) is 2. The van der Waals surface area contributed by atoms with Crippen LogP contribution in [0.3, 0.4) is 0 Å². The predicted octanol–water partition coefficient (Wildman–Crippen LogP) is 4.49. The van der Waals surface area contributed by atoms with E-state index in [-0.39, 0.29) is 17.3 Å². The van der Waals surface area contributed by atoms with Gasteiger partial charge in [0.05, 0.1) is 25.3 Å². The maximum Gasteiger partial charge on any atom is 0.240 e. The van der Waals surface area contributed by atoms with Gasteiger partial charge in [0.25, 0.3) is 0 Å². The number of benzene rings is 2. The second-order valence-corrected chi connectivity index (χ2v) is 11.2. The third-order valence-corrected chi connectivity index (χ3v) is 8.07. The van der Waals surface area contributed by atoms with Gasteiger partial charge >= 0.3 is 0 Å². The summed E-state index contributed by atoms with van der Waals surface area (Å²) in [5, 5.41) is 7.13. The monoisotopic (exact) mass is 526 g/mol. The van der Waals surface area contributed by atoms with Gasteiger partial charge in [0.1, 0.15) is 11.5 Å². The normalized spacial score (nSPS) is 14.4. The Bertz CT molecular complexity index is 1350. The fourth-order valence-corrected chi connectivity index (χ4v) is 5.76. The summed E-state index contributed by atoms with van der Waals surface area (Å²) >= 11 is 0. The van der Waals surface area contributed by atoms with Crippen molar-refractivity contribution in [1.29, 1.82) is 0 Å². The van der Waals surface area contributed by atoms with E-state index in [0.717, 1.165) is 31.2 Å². The molecule has 0 bridgehead atoms. The van der Waals surface area contributed by atoms with Crippen molar-refractivity contribution in [3.63, 3.8) is 0 Å². The van der Waals surface area contributed by atoms with Crippen molar-refractivity contribution in [3.05, 3.63) is 54.4 Å². The molecule has 3 aromatic rings. The van der Waals surface area contributed by atoms with Gasteiger partial charge in [0.15, 0.2) is 0 Å². The van der Waals surface area contributed by atoms with Crippen LogP contribution in [0.15, 0.2) is 53.7 Å². The van der Waals surface area contributed by atoms with Crippen LogP contribution in [0.2, 0.25) is 0 Å². The summed E-state index contributed by atoms with van der Waals surface area (Å²) in [5.74, 6) is 1.40. The lowest BCUT2D eigenvalue weighted by molar-refractivity contribution is -0.117. The number of ether oxygens (including phenoxy) is 2. The third-order valence-electron chi connectivity index (χ3n) is 6.68. The number of carbonyl (C=O) groups excluding carboxylic acids is 1. The Morgan fingerprint density at radius 3 is 2.51 bits per heavy atom. The molecule has 1 aliphatic carbocycles. The van der Waals surface area contributed by atoms with Crippen molar-refractivity contribution >= 4 is 21.6 Å². The van der Waals surface area contributed by atoms with E-state index < -0.39 is 10.0 Å². The van der Waals surface area contributed by atoms with Gasteiger partial charge in [0.2, 0.25) is 15.9 Å². The fourth-order valence-electron chi connectivity index (χ4n) is 4.68. The maximum atomic E-state index is 13.4. The minimum atomic E-state index is -3.92. The molecule has 1 amide bonds. The Morgan fingerprint density at radius 2 is 1.84 bits per heavy atom. The van der Waals surface area contributed by atoms with Gasteiger partial charge < -0.3 is 14.8 Å². The van der Waals surface area contributed by atoms with Crippen LogP contribution in [0.4, 0.5) is 5.69 Å². The first-order valence-electron chi connectivity index (χ1n) is 12.4. The second kappa shape index (κ2) is 11.8. The van der Waals surface area contributed by atoms with Crippen LogP contribution in [0.25, 0.3) is 11.1 Å². The summed E-state index contributed by atoms with van der Waals surface area (Å²) in [6, 6.07) is 10.1. The van der Waals surface area contributed by atoms with Gasteiger partial charge in [-0.2, -0.15) is 5.10 Å². The number of carbonyl (C=O) groups is 1. The first kappa shape index (κ1) is 26.7. The average molecular weight is 527 g/mol. The molecule has 0 spiro atoms. The average Bonchev–Trinajstić information content (AvgIpc) is 3.34. The van der Waals surface area contributed by atoms with Crippen LogP contribution < -0.4 is 19.5 Å². The van der Waals surface area contributed by atoms with Gasteiger partial charge in [0, 0.05) is 49.1 Å². The molecule has 0 atom stereocenters. The largest absolute Gasteiger partial charge is 0.497 e. The molecule has 0 radical (unpaired) electrons. The number of hydrogen-bond acceptors (Lipinski definition) is 6. The predicted molar refractivity (Wildman–Crippen MR) is 142 cm³/mol. The van der Waals surface area contributed by atoms with Gasteiger partial charge in [-0.15, -0.1) is 0 Å². The zero-order valence-corrected chi connectivity index (χ0v) is 22.3. The fraction of sp³-hybridized carbons (Fsp3) is 0.407. The zero-order valence-electron chi connectivity index (χ0n) is 21.5. The molecule has 2 N–H and O–H groups in total. The number of methoxy groups -OCH3 is 2. The Labute approximate surface area is 218 Å². The molecule has 0 aliphatic heterocycles. The highest BCUT2D eigenvalue weighted by Gasteiger charge is 2.21. The molecule has 1 aliphatic rings. The number of nitrogens with zero attached hydrogens (tertiary/aromatic N) is 2. The van der Waals surface area contributed by atoms with E-state index in [1.807, 2.05) is 0 Å². The highest BCUT2D eigenvalue weighted by atomic mass is 32.2. The first-order chi connectivity index (χ1) is 17.8. The van der Waals surface area contributed by atoms with Crippen LogP contribution in [0, 0.1) is 5.92 Å². The van der Waals surface area contributed by atoms with Crippen molar-refractivity contribution < 1.29 is 22.7 Å². The molecule has 10 heteroatoms. The lowest BCUT2D eigenvalue weighted by Gasteiger charge is -2.21. The van der Waals surface area contributed by atoms with Crippen molar-refractivity contribution in [2.24, 2.45) is 13.0 Å². The molecule has 4 rings (SSSR count). The number of anilines is 1. The summed E-state index contributed by atoms with van der Waals surface area (Å²) in [6.45, 7) is 0.0238. The topological polar surface area (TPSA) is 112 Å². The maximum absolute atomic E-state index is 13.4. The molecule has 1 aromatic heterocycles. The first-order valence-corrected chi connectivity index (χ1v) is 13.9. The number of sulfonamides is 1. The van der Waals surface area contributed by atoms with Crippen LogP contribution in [-0.4, -0.2) is 38.3 Å². The molecule has 0 saturated heterocycles. The summed E-state index contributed by atoms with van der Waals surface area (Å²) in [6.07, 6.45) is 9.55. The van der Waals surface area contributed by atoms with E-state index in [1.165, 1.54) is 19.6 Å². The number of rotatable bonds is 10. The highest BCUT2D eigenvalue weighted by Crippen LogP contribution is 2.30. The van der Waals surface area contributed by atoms with Gasteiger partial charge in [-0.25, -0.2) is 13.1 Å². The molecule has 37 heavy (non-hydrogen) atoms. The molecular weight excluding hydrogens is 492 g/mol. The molecule has 0 unspecified atom stereocenters. The Hall–Kier alpha value is -3.37. The molecule has 2 aromatic carbocycles. The Balaban J connectivity index is 1.58. The minimum absolute atomic E-state index is 0.0238. The zero-order chi connectivity index (χ0) is 26.4. The highest BCUT2D eigenvalue weighted by molar-refractivity contribution is 7.89. The summed E-state index contributed by atoms with van der Waals surface area (Å²) in [7, 11) is 0.943. The van der Waals surface area contributed by atoms with Crippen LogP contribution in [-0.2, 0) is 28.4 Å². The van der Waals surface area contributed by atoms with Crippen LogP contribution >= 0.6 is 0 Å². The van der Waals surface area contributed by atoms with Gasteiger partial charge in [-0.3, -0.25) is 9.48 Å². The van der Waals surface area contributed by atoms with E-state index in [1.54, 1.807) is 61.6 Å². The molecule has 1 heterocycles. The van der Waals surface area contributed by atoms with Crippen molar-refractivity contribution in [2.45, 2.75) is 50.0 Å². The molecule has 1 fully saturated rings. The van der Waals surface area contributed by atoms with E-state index in [0.29, 0.717) is 40.7 Å². The second-order valence-electron chi connectivity index (χ2n) is 9.41. The summed E-state index contributed by atoms with van der Waals surface area (Å²) in [4.78, 5) is 12.9. The molecule has 1 saturated carbocycles. The summed E-state index contributed by atoms with van der Waals surface area (Å²) < 4.78 is 41.6. The van der Waals surface area contributed by atoms with Gasteiger partial charge in [-0.1, -0.05) is 25.3 Å². The SMILES string of the molecule is COc1ccc(CNS(=O)(=O)c2cc(NC(=O)CC3CCCCC3)cc(-c3cnn(C)c3)c2)c(OC)c1. The molecule has 9 nitrogen and oxygen atoms in total. The van der Waals surface area contributed by atoms with Crippen LogP contribution in [0.5, 0.6) is 11.5 Å². The Kier molecular flexibility index (Phi) is 8.50. The quantitative estimate of drug-likeness (QED) is 0.403. The standard InChI is InChI=1S/C27H34N4O5S/c1-31-18-22(16-28-31)21-12-23(30-27(32)11-19-7-5-4-6-8-19)14-25(13-21)37(33,34)29-17-20-9-10-24(35-2)15-26(20)36-3/h9-10,12-16,18-19,29H,4-8,11,17H2,1-3H3,(H,30,32). The Morgan fingerprint density at radius 1 is 1.05 bits per heavy atom. The van der Waals surface area contributed by atoms with Crippen molar-refractivity contribution in [1.82, 2.24) is 14.5 Å². The van der Waals surface area contributed by atoms with E-state index in [9.17, 15) is 13.2 Å². The van der Waals surface area contributed by atoms with Crippen molar-refractivity contribution in [2.75, 3.05) is 19.5 Å². The van der Waals surface area contributed by atoms with E-state index in [4.69, 9.17) is 9.47 Å².